The Balaban J connectivity index is 3.00. The topological polar surface area (TPSA) is 20.2 Å². The van der Waals surface area contributed by atoms with Gasteiger partial charge in [-0.3, -0.25) is 0 Å². The van der Waals surface area contributed by atoms with Crippen molar-refractivity contribution < 1.29 is 5.11 Å². The van der Waals surface area contributed by atoms with E-state index in [1.54, 1.807) is 0 Å². The van der Waals surface area contributed by atoms with E-state index < -0.39 is 7.38 Å². The van der Waals surface area contributed by atoms with Crippen LogP contribution in [-0.2, 0) is 0 Å². The molecule has 0 aromatic rings. The van der Waals surface area contributed by atoms with Crippen LogP contribution in [0.25, 0.3) is 0 Å². The van der Waals surface area contributed by atoms with E-state index in [9.17, 15) is 0 Å². The molecule has 1 nitrogen and oxygen atoms in total. The molecule has 3 heteroatoms. The molecule has 0 aliphatic rings. The number of hydrogen-bond donors (Lipinski definition) is 1. The fourth-order valence-corrected chi connectivity index (χ4v) is 4.27. The van der Waals surface area contributed by atoms with Gasteiger partial charge in [-0.2, -0.15) is 11.1 Å². The van der Waals surface area contributed by atoms with Crippen molar-refractivity contribution in [1.82, 2.24) is 0 Å². The van der Waals surface area contributed by atoms with E-state index in [0.717, 1.165) is 6.42 Å². The molecule has 0 aliphatic carbocycles. The van der Waals surface area contributed by atoms with Crippen molar-refractivity contribution in [2.24, 2.45) is 0 Å². The summed E-state index contributed by atoms with van der Waals surface area (Å²) in [5.41, 5.74) is 0. The summed E-state index contributed by atoms with van der Waals surface area (Å²) < 4.78 is 0. The van der Waals surface area contributed by atoms with Crippen molar-refractivity contribution in [3.05, 3.63) is 0 Å². The van der Waals surface area contributed by atoms with Gasteiger partial charge in [0.15, 0.2) is 0 Å². The molecule has 21 heavy (non-hydrogen) atoms. The van der Waals surface area contributed by atoms with Crippen LogP contribution in [0.15, 0.2) is 0 Å². The number of hydrogen-bond acceptors (Lipinski definition) is 1. The second-order valence-electron chi connectivity index (χ2n) is 7.14. The Morgan fingerprint density at radius 2 is 0.857 bits per heavy atom. The molecule has 0 fully saturated rings. The van der Waals surface area contributed by atoms with Crippen LogP contribution in [0.4, 0.5) is 0 Å². The van der Waals surface area contributed by atoms with Crippen LogP contribution in [0.2, 0.25) is 19.1 Å². The van der Waals surface area contributed by atoms with E-state index in [1.807, 2.05) is 0 Å². The smallest absolute Gasteiger partial charge is 0.150 e. The van der Waals surface area contributed by atoms with Gasteiger partial charge in [0.1, 0.15) is 7.38 Å². The maximum absolute atomic E-state index is 8.69. The van der Waals surface area contributed by atoms with Gasteiger partial charge in [-0.15, -0.1) is 0 Å². The first-order valence-corrected chi connectivity index (χ1v) is 13.6. The zero-order valence-corrected chi connectivity index (χ0v) is 16.4. The summed E-state index contributed by atoms with van der Waals surface area (Å²) in [6, 6.07) is 1.28. The van der Waals surface area contributed by atoms with Crippen molar-refractivity contribution in [2.45, 2.75) is 109 Å². The highest BCUT2D eigenvalue weighted by molar-refractivity contribution is 7.19. The molecule has 1 N–H and O–H groups in total. The lowest BCUT2D eigenvalue weighted by Gasteiger charge is -2.11. The van der Waals surface area contributed by atoms with E-state index in [0.29, 0.717) is 6.61 Å². The summed E-state index contributed by atoms with van der Waals surface area (Å²) in [5.74, 6) is 0. The van der Waals surface area contributed by atoms with Crippen LogP contribution >= 0.6 is 11.1 Å². The lowest BCUT2D eigenvalue weighted by molar-refractivity contribution is 0.282. The van der Waals surface area contributed by atoms with Crippen LogP contribution in [0, 0.1) is 0 Å². The Bertz CT molecular complexity index is 204. The number of rotatable bonds is 16. The third-order valence-corrected chi connectivity index (χ3v) is 6.29. The van der Waals surface area contributed by atoms with Crippen LogP contribution < -0.4 is 0 Å². The molecule has 0 atom stereocenters. The highest BCUT2D eigenvalue weighted by Gasteiger charge is 2.15. The van der Waals surface area contributed by atoms with Gasteiger partial charge in [0.05, 0.1) is 0 Å². The Hall–Kier alpha value is 0.467. The highest BCUT2D eigenvalue weighted by Crippen LogP contribution is 2.19. The molecule has 128 valence electrons. The zero-order valence-electron chi connectivity index (χ0n) is 14.6. The van der Waals surface area contributed by atoms with Gasteiger partial charge >= 0.3 is 0 Å². The third-order valence-electron chi connectivity index (χ3n) is 4.18. The molecular weight excluding hydrogens is 296 g/mol. The fraction of sp³-hybridized carbons (Fsp3) is 1.00. The lowest BCUT2D eigenvalue weighted by Crippen LogP contribution is -2.14. The Morgan fingerprint density at radius 3 is 1.14 bits per heavy atom. The van der Waals surface area contributed by atoms with Crippen molar-refractivity contribution in [3.8, 4) is 0 Å². The van der Waals surface area contributed by atoms with Crippen LogP contribution in [0.5, 0.6) is 0 Å². The summed E-state index contributed by atoms with van der Waals surface area (Å²) >= 11 is 6.32. The van der Waals surface area contributed by atoms with E-state index in [4.69, 9.17) is 16.2 Å². The molecule has 0 aromatic heterocycles. The van der Waals surface area contributed by atoms with E-state index >= 15 is 0 Å². The van der Waals surface area contributed by atoms with Gasteiger partial charge in [-0.25, -0.2) is 0 Å². The molecular formula is C18H39ClOSi. The monoisotopic (exact) mass is 334 g/mol. The average Bonchev–Trinajstić information content (AvgIpc) is 2.42. The second kappa shape index (κ2) is 15.4. The van der Waals surface area contributed by atoms with Crippen molar-refractivity contribution in [2.75, 3.05) is 6.61 Å². The van der Waals surface area contributed by atoms with Gasteiger partial charge in [0.25, 0.3) is 0 Å². The van der Waals surface area contributed by atoms with Gasteiger partial charge in [0.2, 0.25) is 0 Å². The van der Waals surface area contributed by atoms with Gasteiger partial charge in [0, 0.05) is 6.61 Å². The first kappa shape index (κ1) is 21.5. The van der Waals surface area contributed by atoms with Crippen LogP contribution in [-0.4, -0.2) is 19.1 Å². The molecule has 0 aliphatic heterocycles. The molecule has 0 bridgehead atoms. The Morgan fingerprint density at radius 1 is 0.571 bits per heavy atom. The first-order valence-electron chi connectivity index (χ1n) is 9.36. The predicted octanol–water partition coefficient (Wildman–Crippen LogP) is 6.88. The summed E-state index contributed by atoms with van der Waals surface area (Å²) in [4.78, 5) is 0. The molecule has 0 saturated heterocycles. The minimum absolute atomic E-state index is 0.367. The van der Waals surface area contributed by atoms with E-state index in [1.165, 1.54) is 89.5 Å². The SMILES string of the molecule is C[Si](C)(Cl)CCCCCCCCCCCCCCCCO. The lowest BCUT2D eigenvalue weighted by atomic mass is 10.0. The standard InChI is InChI=1S/C18H39ClOSi/c1-21(2,19)18-16-14-12-10-8-6-4-3-5-7-9-11-13-15-17-20/h20H,3-18H2,1-2H3. The second-order valence-corrected chi connectivity index (χ2v) is 14.1. The maximum atomic E-state index is 8.69. The average molecular weight is 335 g/mol. The third kappa shape index (κ3) is 20.5. The Kier molecular flexibility index (Phi) is 15.7. The van der Waals surface area contributed by atoms with Crippen molar-refractivity contribution >= 4 is 18.5 Å². The van der Waals surface area contributed by atoms with Gasteiger partial charge in [-0.05, 0) is 12.5 Å². The van der Waals surface area contributed by atoms with E-state index in [2.05, 4.69) is 13.1 Å². The number of aliphatic hydroxyl groups excluding tert-OH is 1. The van der Waals surface area contributed by atoms with Crippen molar-refractivity contribution in [1.29, 1.82) is 0 Å². The zero-order chi connectivity index (χ0) is 15.8. The molecule has 0 unspecified atom stereocenters. The molecule has 0 heterocycles. The van der Waals surface area contributed by atoms with Gasteiger partial charge in [-0.1, -0.05) is 96.6 Å². The number of aliphatic hydroxyl groups is 1. The largest absolute Gasteiger partial charge is 0.396 e. The number of unbranched alkanes of at least 4 members (excludes halogenated alkanes) is 13. The predicted molar refractivity (Wildman–Crippen MR) is 99.9 cm³/mol. The summed E-state index contributed by atoms with van der Waals surface area (Å²) in [5, 5.41) is 8.69. The molecule has 0 saturated carbocycles. The molecule has 0 spiro atoms. The van der Waals surface area contributed by atoms with Crippen molar-refractivity contribution in [3.63, 3.8) is 0 Å². The molecule has 0 rings (SSSR count). The fourth-order valence-electron chi connectivity index (χ4n) is 2.78. The van der Waals surface area contributed by atoms with Gasteiger partial charge < -0.3 is 5.11 Å². The minimum atomic E-state index is -1.30. The number of halogens is 1. The Labute approximate surface area is 139 Å². The maximum Gasteiger partial charge on any atom is 0.150 e. The quantitative estimate of drug-likeness (QED) is 0.185. The summed E-state index contributed by atoms with van der Waals surface area (Å²) in [6.07, 6.45) is 18.9. The van der Waals surface area contributed by atoms with E-state index in [-0.39, 0.29) is 0 Å². The molecule has 0 radical (unpaired) electrons. The molecule has 0 amide bonds. The summed E-state index contributed by atoms with van der Waals surface area (Å²) in [6.45, 7) is 4.87. The first-order chi connectivity index (χ1) is 10.1. The highest BCUT2D eigenvalue weighted by atomic mass is 35.6. The molecule has 0 aromatic carbocycles. The summed E-state index contributed by atoms with van der Waals surface area (Å²) in [7, 11) is -1.30. The van der Waals surface area contributed by atoms with Crippen LogP contribution in [0.3, 0.4) is 0 Å². The minimum Gasteiger partial charge on any atom is -0.396 e. The van der Waals surface area contributed by atoms with Crippen LogP contribution in [0.1, 0.15) is 89.9 Å². The normalized spacial score (nSPS) is 12.0.